The molecule has 2 N–H and O–H groups in total. The molecule has 16 heavy (non-hydrogen) atoms. The summed E-state index contributed by atoms with van der Waals surface area (Å²) in [5.41, 5.74) is 1.10. The number of rotatable bonds is 1. The SMILES string of the molecule is Cl.Oc1c(Br)cc([C@H]2COCCN2)cc1Br. The number of hydrogen-bond donors (Lipinski definition) is 2. The molecule has 0 saturated carbocycles. The molecule has 2 rings (SSSR count). The minimum absolute atomic E-state index is 0. The Balaban J connectivity index is 0.00000128. The summed E-state index contributed by atoms with van der Waals surface area (Å²) in [5.74, 6) is 0.232. The molecule has 0 radical (unpaired) electrons. The van der Waals surface area contributed by atoms with Crippen LogP contribution in [0.1, 0.15) is 11.6 Å². The average molecular weight is 373 g/mol. The van der Waals surface area contributed by atoms with Gasteiger partial charge in [0.05, 0.1) is 28.2 Å². The maximum atomic E-state index is 9.58. The van der Waals surface area contributed by atoms with Gasteiger partial charge in [-0.25, -0.2) is 0 Å². The maximum Gasteiger partial charge on any atom is 0.143 e. The van der Waals surface area contributed by atoms with Crippen LogP contribution < -0.4 is 5.32 Å². The molecule has 1 aromatic carbocycles. The molecule has 1 fully saturated rings. The molecule has 0 aliphatic carbocycles. The van der Waals surface area contributed by atoms with Crippen LogP contribution in [0.25, 0.3) is 0 Å². The van der Waals surface area contributed by atoms with E-state index in [0.717, 1.165) is 18.7 Å². The summed E-state index contributed by atoms with van der Waals surface area (Å²) in [6.45, 7) is 2.29. The van der Waals surface area contributed by atoms with E-state index in [9.17, 15) is 5.11 Å². The Morgan fingerprint density at radius 2 is 1.94 bits per heavy atom. The molecule has 0 aromatic heterocycles. The Hall–Kier alpha value is 0.190. The zero-order chi connectivity index (χ0) is 10.8. The molecule has 1 aliphatic heterocycles. The number of aromatic hydroxyl groups is 1. The number of phenolic OH excluding ortho intramolecular Hbond substituents is 1. The summed E-state index contributed by atoms with van der Waals surface area (Å²) in [6, 6.07) is 4.02. The summed E-state index contributed by atoms with van der Waals surface area (Å²) >= 11 is 6.63. The lowest BCUT2D eigenvalue weighted by Crippen LogP contribution is -2.34. The summed E-state index contributed by atoms with van der Waals surface area (Å²) in [4.78, 5) is 0. The number of benzene rings is 1. The van der Waals surface area contributed by atoms with Gasteiger partial charge in [-0.3, -0.25) is 0 Å². The van der Waals surface area contributed by atoms with E-state index in [2.05, 4.69) is 37.2 Å². The molecule has 90 valence electrons. The van der Waals surface area contributed by atoms with Crippen LogP contribution in [0.2, 0.25) is 0 Å². The van der Waals surface area contributed by atoms with Gasteiger partial charge in [0, 0.05) is 6.54 Å². The monoisotopic (exact) mass is 371 g/mol. The number of halogens is 3. The number of phenols is 1. The maximum absolute atomic E-state index is 9.58. The van der Waals surface area contributed by atoms with Crippen molar-refractivity contribution in [1.82, 2.24) is 5.32 Å². The number of morpholine rings is 1. The van der Waals surface area contributed by atoms with Crippen molar-refractivity contribution >= 4 is 44.3 Å². The predicted octanol–water partition coefficient (Wildman–Crippen LogP) is 3.00. The van der Waals surface area contributed by atoms with Crippen molar-refractivity contribution in [3.05, 3.63) is 26.6 Å². The third-order valence-corrected chi connectivity index (χ3v) is 3.57. The average Bonchev–Trinajstić information content (AvgIpc) is 2.26. The third-order valence-electron chi connectivity index (χ3n) is 2.36. The van der Waals surface area contributed by atoms with Crippen LogP contribution in [0, 0.1) is 0 Å². The van der Waals surface area contributed by atoms with Gasteiger partial charge in [-0.1, -0.05) is 0 Å². The lowest BCUT2D eigenvalue weighted by Gasteiger charge is -2.24. The van der Waals surface area contributed by atoms with E-state index in [1.54, 1.807) is 0 Å². The van der Waals surface area contributed by atoms with E-state index < -0.39 is 0 Å². The van der Waals surface area contributed by atoms with Crippen molar-refractivity contribution in [2.45, 2.75) is 6.04 Å². The molecular formula is C10H12Br2ClNO2. The summed E-state index contributed by atoms with van der Waals surface area (Å²) in [7, 11) is 0. The lowest BCUT2D eigenvalue weighted by molar-refractivity contribution is 0.0768. The van der Waals surface area contributed by atoms with Crippen LogP contribution in [0.5, 0.6) is 5.75 Å². The zero-order valence-corrected chi connectivity index (χ0v) is 12.4. The van der Waals surface area contributed by atoms with E-state index in [0.29, 0.717) is 15.6 Å². The standard InChI is InChI=1S/C10H11Br2NO2.ClH/c11-7-3-6(4-8(12)10(7)14)9-5-15-2-1-13-9;/h3-4,9,13-14H,1-2,5H2;1H/t9-;/m1./s1. The van der Waals surface area contributed by atoms with Gasteiger partial charge in [0.15, 0.2) is 0 Å². The molecule has 0 unspecified atom stereocenters. The van der Waals surface area contributed by atoms with Gasteiger partial charge in [0.2, 0.25) is 0 Å². The van der Waals surface area contributed by atoms with Gasteiger partial charge in [-0.15, -0.1) is 12.4 Å². The van der Waals surface area contributed by atoms with E-state index in [-0.39, 0.29) is 24.2 Å². The first-order valence-electron chi connectivity index (χ1n) is 4.67. The Kier molecular flexibility index (Phi) is 5.53. The quantitative estimate of drug-likeness (QED) is 0.795. The Morgan fingerprint density at radius 3 is 2.44 bits per heavy atom. The molecular weight excluding hydrogens is 361 g/mol. The van der Waals surface area contributed by atoms with Crippen LogP contribution in [0.4, 0.5) is 0 Å². The van der Waals surface area contributed by atoms with Crippen LogP contribution in [-0.2, 0) is 4.74 Å². The molecule has 1 heterocycles. The Bertz CT molecular complexity index is 347. The van der Waals surface area contributed by atoms with Crippen LogP contribution in [0.3, 0.4) is 0 Å². The second kappa shape index (κ2) is 6.21. The minimum atomic E-state index is 0. The minimum Gasteiger partial charge on any atom is -0.506 e. The molecule has 1 aromatic rings. The molecule has 0 bridgehead atoms. The molecule has 1 aliphatic rings. The Labute approximate surface area is 117 Å². The first-order valence-corrected chi connectivity index (χ1v) is 6.26. The molecule has 0 spiro atoms. The smallest absolute Gasteiger partial charge is 0.143 e. The van der Waals surface area contributed by atoms with Gasteiger partial charge in [0.1, 0.15) is 5.75 Å². The first kappa shape index (κ1) is 14.3. The van der Waals surface area contributed by atoms with Crippen LogP contribution in [0.15, 0.2) is 21.1 Å². The van der Waals surface area contributed by atoms with Gasteiger partial charge in [-0.2, -0.15) is 0 Å². The van der Waals surface area contributed by atoms with Crippen molar-refractivity contribution in [3.63, 3.8) is 0 Å². The van der Waals surface area contributed by atoms with Crippen molar-refractivity contribution in [2.75, 3.05) is 19.8 Å². The highest BCUT2D eigenvalue weighted by Crippen LogP contribution is 2.35. The number of nitrogens with one attached hydrogen (secondary N) is 1. The number of hydrogen-bond acceptors (Lipinski definition) is 3. The summed E-state index contributed by atoms with van der Waals surface area (Å²) in [5, 5.41) is 12.9. The fourth-order valence-electron chi connectivity index (χ4n) is 1.57. The first-order chi connectivity index (χ1) is 7.18. The van der Waals surface area contributed by atoms with E-state index in [1.165, 1.54) is 0 Å². The van der Waals surface area contributed by atoms with Gasteiger partial charge < -0.3 is 15.2 Å². The predicted molar refractivity (Wildman–Crippen MR) is 72.3 cm³/mol. The van der Waals surface area contributed by atoms with Gasteiger partial charge >= 0.3 is 0 Å². The lowest BCUT2D eigenvalue weighted by atomic mass is 10.1. The van der Waals surface area contributed by atoms with Gasteiger partial charge in [-0.05, 0) is 49.6 Å². The van der Waals surface area contributed by atoms with Gasteiger partial charge in [0.25, 0.3) is 0 Å². The molecule has 1 atom stereocenters. The summed E-state index contributed by atoms with van der Waals surface area (Å²) in [6.07, 6.45) is 0. The summed E-state index contributed by atoms with van der Waals surface area (Å²) < 4.78 is 6.78. The van der Waals surface area contributed by atoms with E-state index in [4.69, 9.17) is 4.74 Å². The van der Waals surface area contributed by atoms with E-state index >= 15 is 0 Å². The Morgan fingerprint density at radius 1 is 1.31 bits per heavy atom. The second-order valence-electron chi connectivity index (χ2n) is 3.41. The van der Waals surface area contributed by atoms with Crippen molar-refractivity contribution in [1.29, 1.82) is 0 Å². The van der Waals surface area contributed by atoms with Crippen molar-refractivity contribution in [2.24, 2.45) is 0 Å². The van der Waals surface area contributed by atoms with Crippen molar-refractivity contribution in [3.8, 4) is 5.75 Å². The highest BCUT2D eigenvalue weighted by Gasteiger charge is 2.17. The third kappa shape index (κ3) is 3.11. The topological polar surface area (TPSA) is 41.5 Å². The highest BCUT2D eigenvalue weighted by atomic mass is 79.9. The molecule has 1 saturated heterocycles. The van der Waals surface area contributed by atoms with Crippen molar-refractivity contribution < 1.29 is 9.84 Å². The second-order valence-corrected chi connectivity index (χ2v) is 5.12. The van der Waals surface area contributed by atoms with E-state index in [1.807, 2.05) is 12.1 Å². The van der Waals surface area contributed by atoms with Crippen LogP contribution in [-0.4, -0.2) is 24.9 Å². The largest absolute Gasteiger partial charge is 0.506 e. The molecule has 0 amide bonds. The number of ether oxygens (including phenoxy) is 1. The highest BCUT2D eigenvalue weighted by molar-refractivity contribution is 9.11. The normalized spacial score (nSPS) is 20.2. The molecule has 3 nitrogen and oxygen atoms in total. The fourth-order valence-corrected chi connectivity index (χ4v) is 2.79. The molecule has 6 heteroatoms. The van der Waals surface area contributed by atoms with Crippen LogP contribution >= 0.6 is 44.3 Å². The fraction of sp³-hybridized carbons (Fsp3) is 0.400. The zero-order valence-electron chi connectivity index (χ0n) is 8.37.